The van der Waals surface area contributed by atoms with Crippen LogP contribution in [0.3, 0.4) is 0 Å². The second-order valence-corrected chi connectivity index (χ2v) is 9.15. The van der Waals surface area contributed by atoms with Crippen LogP contribution in [0.15, 0.2) is 18.7 Å². The predicted molar refractivity (Wildman–Crippen MR) is 94.2 cm³/mol. The zero-order chi connectivity index (χ0) is 17.0. The van der Waals surface area contributed by atoms with Gasteiger partial charge in [0.1, 0.15) is 12.4 Å². The third-order valence-corrected chi connectivity index (χ3v) is 7.18. The van der Waals surface area contributed by atoms with Crippen LogP contribution in [0, 0.1) is 0 Å². The van der Waals surface area contributed by atoms with E-state index in [0.717, 1.165) is 25.6 Å². The minimum absolute atomic E-state index is 0.839. The molecule has 1 heterocycles. The lowest BCUT2D eigenvalue weighted by Gasteiger charge is -2.23. The van der Waals surface area contributed by atoms with E-state index in [-0.39, 0.29) is 0 Å². The number of aromatic nitrogens is 2. The Kier molecular flexibility index (Phi) is 10.4. The Morgan fingerprint density at radius 2 is 1.57 bits per heavy atom. The Bertz CT molecular complexity index is 400. The largest absolute Gasteiger partial charge is 0.500 e. The van der Waals surface area contributed by atoms with Crippen LogP contribution in [0.1, 0.15) is 51.9 Å². The highest BCUT2D eigenvalue weighted by Gasteiger charge is 2.37. The summed E-state index contributed by atoms with van der Waals surface area (Å²) in [5, 5.41) is 0. The maximum atomic E-state index is 5.45. The molecule has 134 valence electrons. The number of rotatable bonds is 14. The van der Waals surface area contributed by atoms with Crippen LogP contribution >= 0.6 is 0 Å². The molecule has 0 saturated heterocycles. The van der Waals surface area contributed by atoms with E-state index in [4.69, 9.17) is 13.3 Å². The maximum Gasteiger partial charge on any atom is 0.500 e. The molecule has 0 aliphatic carbocycles. The summed E-state index contributed by atoms with van der Waals surface area (Å²) >= 11 is 0. The van der Waals surface area contributed by atoms with Crippen molar-refractivity contribution in [1.29, 1.82) is 0 Å². The molecule has 1 rings (SSSR count). The van der Waals surface area contributed by atoms with Gasteiger partial charge >= 0.3 is 8.80 Å². The van der Waals surface area contributed by atoms with Crippen molar-refractivity contribution in [3.63, 3.8) is 0 Å². The second kappa shape index (κ2) is 11.8. The molecule has 0 saturated carbocycles. The van der Waals surface area contributed by atoms with Gasteiger partial charge in [-0.3, -0.25) is 0 Å². The van der Waals surface area contributed by atoms with Gasteiger partial charge in [-0.25, -0.2) is 9.13 Å². The zero-order valence-electron chi connectivity index (χ0n) is 15.4. The molecule has 0 aromatic carbocycles. The van der Waals surface area contributed by atoms with Crippen LogP contribution in [0.25, 0.3) is 0 Å². The first-order valence-corrected chi connectivity index (χ1v) is 10.8. The molecular formula is C17H35N2O3Si+. The molecule has 0 amide bonds. The molecule has 1 aromatic heterocycles. The summed E-state index contributed by atoms with van der Waals surface area (Å²) in [5.41, 5.74) is 0. The highest BCUT2D eigenvalue weighted by Crippen LogP contribution is 2.14. The van der Waals surface area contributed by atoms with Gasteiger partial charge in [0, 0.05) is 27.4 Å². The number of nitrogens with zero attached hydrogens (tertiary/aromatic N) is 2. The van der Waals surface area contributed by atoms with Crippen molar-refractivity contribution in [2.45, 2.75) is 71.0 Å². The molecule has 0 spiro atoms. The molecule has 0 atom stereocenters. The van der Waals surface area contributed by atoms with Crippen molar-refractivity contribution in [2.24, 2.45) is 0 Å². The van der Waals surface area contributed by atoms with Crippen molar-refractivity contribution in [1.82, 2.24) is 4.57 Å². The molecule has 0 N–H and O–H groups in total. The normalized spacial score (nSPS) is 12.0. The van der Waals surface area contributed by atoms with E-state index in [1.807, 2.05) is 0 Å². The van der Waals surface area contributed by atoms with E-state index >= 15 is 0 Å². The van der Waals surface area contributed by atoms with Gasteiger partial charge in [-0.1, -0.05) is 32.6 Å². The van der Waals surface area contributed by atoms with Crippen molar-refractivity contribution in [3.8, 4) is 0 Å². The van der Waals surface area contributed by atoms with Crippen LogP contribution in [0.4, 0.5) is 0 Å². The molecule has 5 nitrogen and oxygen atoms in total. The number of imidazole rings is 1. The highest BCUT2D eigenvalue weighted by atomic mass is 28.4. The lowest BCUT2D eigenvalue weighted by Crippen LogP contribution is -2.43. The van der Waals surface area contributed by atoms with Gasteiger partial charge in [0.15, 0.2) is 0 Å². The average Bonchev–Trinajstić information content (AvgIpc) is 3.03. The second-order valence-electron chi connectivity index (χ2n) is 6.06. The Labute approximate surface area is 142 Å². The Balaban J connectivity index is 2.23. The molecule has 0 bridgehead atoms. The van der Waals surface area contributed by atoms with Crippen molar-refractivity contribution >= 4 is 8.80 Å². The molecule has 23 heavy (non-hydrogen) atoms. The number of unbranched alkanes of at least 4 members (excludes halogenated alkanes) is 5. The van der Waals surface area contributed by atoms with E-state index < -0.39 is 8.80 Å². The standard InChI is InChI=1S/C17H35N2O3Si/c1-5-6-7-8-9-10-12-18-14-15-19(17-18)13-11-16-23(20-2,21-3)22-4/h14-15,17H,5-13,16H2,1-4H3/q+1. The van der Waals surface area contributed by atoms with Gasteiger partial charge in [0.2, 0.25) is 6.33 Å². The summed E-state index contributed by atoms with van der Waals surface area (Å²) < 4.78 is 20.9. The molecule has 1 aromatic rings. The van der Waals surface area contributed by atoms with Crippen LogP contribution < -0.4 is 4.57 Å². The molecule has 0 aliphatic rings. The van der Waals surface area contributed by atoms with Gasteiger partial charge in [-0.15, -0.1) is 0 Å². The van der Waals surface area contributed by atoms with Crippen molar-refractivity contribution < 1.29 is 17.8 Å². The van der Waals surface area contributed by atoms with Crippen LogP contribution in [0.2, 0.25) is 6.04 Å². The van der Waals surface area contributed by atoms with Gasteiger partial charge in [-0.05, 0) is 19.3 Å². The quantitative estimate of drug-likeness (QED) is 0.295. The highest BCUT2D eigenvalue weighted by molar-refractivity contribution is 6.60. The van der Waals surface area contributed by atoms with Crippen molar-refractivity contribution in [2.75, 3.05) is 21.3 Å². The minimum Gasteiger partial charge on any atom is -0.377 e. The first kappa shape index (κ1) is 20.4. The maximum absolute atomic E-state index is 5.45. The van der Waals surface area contributed by atoms with E-state index in [1.165, 1.54) is 38.5 Å². The van der Waals surface area contributed by atoms with E-state index in [9.17, 15) is 0 Å². The van der Waals surface area contributed by atoms with Gasteiger partial charge in [0.25, 0.3) is 0 Å². The summed E-state index contributed by atoms with van der Waals surface area (Å²) in [5.74, 6) is 0. The van der Waals surface area contributed by atoms with E-state index in [1.54, 1.807) is 21.3 Å². The monoisotopic (exact) mass is 343 g/mol. The number of hydrogen-bond acceptors (Lipinski definition) is 3. The third kappa shape index (κ3) is 7.61. The average molecular weight is 344 g/mol. The summed E-state index contributed by atoms with van der Waals surface area (Å²) in [7, 11) is 2.59. The van der Waals surface area contributed by atoms with Gasteiger partial charge in [-0.2, -0.15) is 0 Å². The first-order chi connectivity index (χ1) is 11.2. The number of aryl methyl sites for hydroxylation is 2. The van der Waals surface area contributed by atoms with Gasteiger partial charge in [0.05, 0.1) is 13.1 Å². The van der Waals surface area contributed by atoms with Crippen LogP contribution in [-0.2, 0) is 26.4 Å². The summed E-state index contributed by atoms with van der Waals surface area (Å²) in [4.78, 5) is 0. The smallest absolute Gasteiger partial charge is 0.377 e. The van der Waals surface area contributed by atoms with Gasteiger partial charge < -0.3 is 13.3 Å². The Morgan fingerprint density at radius 1 is 0.913 bits per heavy atom. The third-order valence-electron chi connectivity index (χ3n) is 4.35. The lowest BCUT2D eigenvalue weighted by molar-refractivity contribution is -0.696. The predicted octanol–water partition coefficient (Wildman–Crippen LogP) is 3.40. The van der Waals surface area contributed by atoms with E-state index in [2.05, 4.69) is 34.8 Å². The summed E-state index contributed by atoms with van der Waals surface area (Å²) in [6.45, 7) is 4.34. The topological polar surface area (TPSA) is 36.5 Å². The van der Waals surface area contributed by atoms with Crippen LogP contribution in [-0.4, -0.2) is 34.7 Å². The fraction of sp³-hybridized carbons (Fsp3) is 0.824. The van der Waals surface area contributed by atoms with Crippen LogP contribution in [0.5, 0.6) is 0 Å². The fourth-order valence-electron chi connectivity index (χ4n) is 2.81. The molecular weight excluding hydrogens is 308 g/mol. The Hall–Kier alpha value is -0.693. The first-order valence-electron chi connectivity index (χ1n) is 8.90. The molecule has 0 radical (unpaired) electrons. The SMILES string of the molecule is CCCCCCCCn1cc[n+](CCC[Si](OC)(OC)OC)c1. The molecule has 0 aliphatic heterocycles. The fourth-order valence-corrected chi connectivity index (χ4v) is 4.52. The molecule has 0 unspecified atom stereocenters. The molecule has 0 fully saturated rings. The minimum atomic E-state index is -2.42. The summed E-state index contributed by atoms with van der Waals surface area (Å²) in [6.07, 6.45) is 15.5. The lowest BCUT2D eigenvalue weighted by atomic mass is 10.1. The van der Waals surface area contributed by atoms with Crippen molar-refractivity contribution in [3.05, 3.63) is 18.7 Å². The molecule has 6 heteroatoms. The summed E-state index contributed by atoms with van der Waals surface area (Å²) in [6, 6.07) is 0.839. The zero-order valence-corrected chi connectivity index (χ0v) is 16.4. The number of hydrogen-bond donors (Lipinski definition) is 0. The Morgan fingerprint density at radius 3 is 2.22 bits per heavy atom. The van der Waals surface area contributed by atoms with E-state index in [0.29, 0.717) is 0 Å².